The smallest absolute Gasteiger partial charge is 0.399 e. The minimum atomic E-state index is -3.56. The van der Waals surface area contributed by atoms with Crippen LogP contribution in [-0.2, 0) is 19.5 Å². The molecule has 1 aromatic carbocycles. The topological polar surface area (TPSA) is 76.7 Å². The summed E-state index contributed by atoms with van der Waals surface area (Å²) in [6, 6.07) is 5.41. The summed E-state index contributed by atoms with van der Waals surface area (Å²) in [5.74, 6) is 0. The molecule has 122 valence electrons. The van der Waals surface area contributed by atoms with Crippen LogP contribution >= 0.6 is 0 Å². The molecule has 1 saturated heterocycles. The number of hydrogen-bond acceptors (Lipinski definition) is 4. The number of aryl methyl sites for hydroxylation is 1. The van der Waals surface area contributed by atoms with Crippen molar-refractivity contribution in [1.82, 2.24) is 4.72 Å². The van der Waals surface area contributed by atoms with E-state index < -0.39 is 28.5 Å². The van der Waals surface area contributed by atoms with Gasteiger partial charge in [0.1, 0.15) is 0 Å². The largest absolute Gasteiger partial charge is 0.494 e. The van der Waals surface area contributed by atoms with Crippen molar-refractivity contribution in [2.75, 3.05) is 11.8 Å². The van der Waals surface area contributed by atoms with E-state index >= 15 is 0 Å². The highest BCUT2D eigenvalue weighted by atomic mass is 32.2. The van der Waals surface area contributed by atoms with Gasteiger partial charge in [-0.3, -0.25) is 4.72 Å². The average Bonchev–Trinajstić information content (AvgIpc) is 2.57. The van der Waals surface area contributed by atoms with E-state index in [1.165, 1.54) is 7.05 Å². The molecular formula is C14H23BN2O4S. The predicted molar refractivity (Wildman–Crippen MR) is 88.5 cm³/mol. The van der Waals surface area contributed by atoms with E-state index in [0.717, 1.165) is 11.0 Å². The van der Waals surface area contributed by atoms with Gasteiger partial charge in [-0.1, -0.05) is 6.07 Å². The highest BCUT2D eigenvalue weighted by Crippen LogP contribution is 2.36. The monoisotopic (exact) mass is 326 g/mol. The molecule has 0 saturated carbocycles. The van der Waals surface area contributed by atoms with E-state index in [2.05, 4.69) is 9.44 Å². The van der Waals surface area contributed by atoms with Gasteiger partial charge < -0.3 is 9.31 Å². The fraction of sp³-hybridized carbons (Fsp3) is 0.571. The van der Waals surface area contributed by atoms with Gasteiger partial charge in [-0.2, -0.15) is 8.42 Å². The number of hydrogen-bond donors (Lipinski definition) is 2. The highest BCUT2D eigenvalue weighted by Gasteiger charge is 2.51. The van der Waals surface area contributed by atoms with Gasteiger partial charge in [0.15, 0.2) is 0 Å². The molecule has 0 spiro atoms. The maximum Gasteiger partial charge on any atom is 0.494 e. The summed E-state index contributed by atoms with van der Waals surface area (Å²) in [5.41, 5.74) is 1.30. The molecular weight excluding hydrogens is 303 g/mol. The summed E-state index contributed by atoms with van der Waals surface area (Å²) in [5, 5.41) is 0. The Morgan fingerprint density at radius 2 is 1.59 bits per heavy atom. The van der Waals surface area contributed by atoms with E-state index in [1.54, 1.807) is 12.1 Å². The predicted octanol–water partition coefficient (Wildman–Crippen LogP) is 1.17. The fourth-order valence-corrected chi connectivity index (χ4v) is 2.72. The van der Waals surface area contributed by atoms with Gasteiger partial charge in [-0.25, -0.2) is 4.72 Å². The van der Waals surface area contributed by atoms with Gasteiger partial charge in [0.05, 0.1) is 11.2 Å². The summed E-state index contributed by atoms with van der Waals surface area (Å²) < 4.78 is 40.0. The van der Waals surface area contributed by atoms with E-state index in [9.17, 15) is 8.42 Å². The van der Waals surface area contributed by atoms with Crippen molar-refractivity contribution in [3.8, 4) is 0 Å². The molecule has 0 atom stereocenters. The minimum absolute atomic E-state index is 0.438. The van der Waals surface area contributed by atoms with Crippen LogP contribution in [0, 0.1) is 6.92 Å². The molecule has 0 unspecified atom stereocenters. The number of anilines is 1. The second-order valence-electron chi connectivity index (χ2n) is 6.53. The zero-order chi connectivity index (χ0) is 16.8. The Bertz CT molecular complexity index is 657. The lowest BCUT2D eigenvalue weighted by molar-refractivity contribution is 0.00578. The maximum absolute atomic E-state index is 11.6. The molecule has 6 nitrogen and oxygen atoms in total. The van der Waals surface area contributed by atoms with Crippen LogP contribution in [0.15, 0.2) is 18.2 Å². The van der Waals surface area contributed by atoms with Gasteiger partial charge in [-0.15, -0.1) is 0 Å². The lowest BCUT2D eigenvalue weighted by Crippen LogP contribution is -2.41. The van der Waals surface area contributed by atoms with Crippen LogP contribution < -0.4 is 14.9 Å². The molecule has 0 bridgehead atoms. The number of nitrogens with one attached hydrogen (secondary N) is 2. The van der Waals surface area contributed by atoms with Crippen LogP contribution in [0.5, 0.6) is 0 Å². The van der Waals surface area contributed by atoms with E-state index in [1.807, 2.05) is 40.7 Å². The van der Waals surface area contributed by atoms with Crippen molar-refractivity contribution in [2.24, 2.45) is 0 Å². The van der Waals surface area contributed by atoms with Crippen LogP contribution in [0.25, 0.3) is 0 Å². The SMILES string of the molecule is CNS(=O)(=O)Nc1cc(C)cc(B2OC(C)(C)C(C)(C)O2)c1. The highest BCUT2D eigenvalue weighted by molar-refractivity contribution is 7.90. The standard InChI is InChI=1S/C14H23BN2O4S/c1-10-7-11(9-12(8-10)17-22(18,19)16-6)15-20-13(2,3)14(4,5)21-15/h7-9,16-17H,1-6H3. The Morgan fingerprint density at radius 1 is 1.05 bits per heavy atom. The maximum atomic E-state index is 11.6. The molecule has 1 aliphatic rings. The number of rotatable bonds is 4. The molecule has 0 amide bonds. The van der Waals surface area contributed by atoms with Gasteiger partial charge in [0.25, 0.3) is 10.2 Å². The van der Waals surface area contributed by atoms with Crippen LogP contribution in [-0.4, -0.2) is 33.8 Å². The van der Waals surface area contributed by atoms with Crippen molar-refractivity contribution in [3.63, 3.8) is 0 Å². The molecule has 1 heterocycles. The fourth-order valence-electron chi connectivity index (χ4n) is 2.19. The third-order valence-electron chi connectivity index (χ3n) is 4.15. The number of benzene rings is 1. The first kappa shape index (κ1) is 17.3. The molecule has 0 aliphatic carbocycles. The van der Waals surface area contributed by atoms with Crippen molar-refractivity contribution < 1.29 is 17.7 Å². The molecule has 1 aromatic rings. The molecule has 2 N–H and O–H groups in total. The van der Waals surface area contributed by atoms with Crippen molar-refractivity contribution in [1.29, 1.82) is 0 Å². The van der Waals surface area contributed by atoms with Crippen LogP contribution in [0.1, 0.15) is 33.3 Å². The lowest BCUT2D eigenvalue weighted by atomic mass is 9.78. The zero-order valence-corrected chi connectivity index (χ0v) is 14.7. The zero-order valence-electron chi connectivity index (χ0n) is 13.9. The Balaban J connectivity index is 2.32. The average molecular weight is 326 g/mol. The third kappa shape index (κ3) is 3.46. The molecule has 0 aromatic heterocycles. The molecule has 1 fully saturated rings. The summed E-state index contributed by atoms with van der Waals surface area (Å²) in [7, 11) is -2.73. The van der Waals surface area contributed by atoms with Crippen LogP contribution in [0.4, 0.5) is 5.69 Å². The Hall–Kier alpha value is -1.09. The summed E-state index contributed by atoms with van der Waals surface area (Å²) in [4.78, 5) is 0. The van der Waals surface area contributed by atoms with E-state index in [-0.39, 0.29) is 0 Å². The molecule has 0 radical (unpaired) electrons. The molecule has 2 rings (SSSR count). The molecule has 1 aliphatic heterocycles. The second-order valence-corrected chi connectivity index (χ2v) is 8.15. The third-order valence-corrected chi connectivity index (χ3v) is 5.19. The normalized spacial score (nSPS) is 20.2. The Labute approximate surface area is 132 Å². The van der Waals surface area contributed by atoms with Crippen molar-refractivity contribution in [3.05, 3.63) is 23.8 Å². The van der Waals surface area contributed by atoms with E-state index in [0.29, 0.717) is 5.69 Å². The molecule has 8 heteroatoms. The summed E-state index contributed by atoms with van der Waals surface area (Å²) in [6.45, 7) is 9.81. The van der Waals surface area contributed by atoms with Crippen molar-refractivity contribution >= 4 is 28.5 Å². The van der Waals surface area contributed by atoms with Gasteiger partial charge in [-0.05, 0) is 57.8 Å². The van der Waals surface area contributed by atoms with E-state index in [4.69, 9.17) is 9.31 Å². The second kappa shape index (κ2) is 5.52. The van der Waals surface area contributed by atoms with Gasteiger partial charge >= 0.3 is 7.12 Å². The minimum Gasteiger partial charge on any atom is -0.399 e. The first-order valence-electron chi connectivity index (χ1n) is 7.14. The Kier molecular flexibility index (Phi) is 4.34. The quantitative estimate of drug-likeness (QED) is 0.815. The van der Waals surface area contributed by atoms with Gasteiger partial charge in [0, 0.05) is 12.7 Å². The summed E-state index contributed by atoms with van der Waals surface area (Å²) in [6.07, 6.45) is 0. The Morgan fingerprint density at radius 3 is 2.09 bits per heavy atom. The van der Waals surface area contributed by atoms with Crippen molar-refractivity contribution in [2.45, 2.75) is 45.8 Å². The first-order valence-corrected chi connectivity index (χ1v) is 8.63. The van der Waals surface area contributed by atoms with Gasteiger partial charge in [0.2, 0.25) is 0 Å². The summed E-state index contributed by atoms with van der Waals surface area (Å²) >= 11 is 0. The lowest BCUT2D eigenvalue weighted by Gasteiger charge is -2.32. The van der Waals surface area contributed by atoms with Crippen LogP contribution in [0.3, 0.4) is 0 Å². The molecule has 22 heavy (non-hydrogen) atoms. The van der Waals surface area contributed by atoms with Crippen LogP contribution in [0.2, 0.25) is 0 Å². The first-order chi connectivity index (χ1) is 9.96.